The van der Waals surface area contributed by atoms with E-state index in [1.165, 1.54) is 0 Å². The fraction of sp³-hybridized carbons (Fsp3) is 0.640. The molecule has 4 rings (SSSR count). The average molecular weight is 441 g/mol. The van der Waals surface area contributed by atoms with E-state index in [0.717, 1.165) is 49.9 Å². The molecule has 1 saturated carbocycles. The van der Waals surface area contributed by atoms with Gasteiger partial charge < -0.3 is 15.5 Å². The van der Waals surface area contributed by atoms with Crippen LogP contribution in [0.25, 0.3) is 0 Å². The molecule has 1 saturated heterocycles. The molecular weight excluding hydrogens is 404 g/mol. The number of hydrogen-bond acceptors (Lipinski definition) is 5. The van der Waals surface area contributed by atoms with Gasteiger partial charge in [0, 0.05) is 48.4 Å². The Hall–Kier alpha value is -2.41. The van der Waals surface area contributed by atoms with Gasteiger partial charge in [0.05, 0.1) is 0 Å². The predicted octanol–water partition coefficient (Wildman–Crippen LogP) is 2.96. The van der Waals surface area contributed by atoms with Crippen molar-refractivity contribution in [2.24, 2.45) is 11.1 Å². The molecule has 3 N–H and O–H groups in total. The summed E-state index contributed by atoms with van der Waals surface area (Å²) in [6.07, 6.45) is 5.85. The zero-order valence-corrected chi connectivity index (χ0v) is 19.5. The highest BCUT2D eigenvalue weighted by atomic mass is 16.2. The first kappa shape index (κ1) is 22.8. The van der Waals surface area contributed by atoms with Crippen molar-refractivity contribution in [2.45, 2.75) is 90.4 Å². The smallest absolute Gasteiger partial charge is 0.255 e. The molecule has 1 unspecified atom stereocenters. The molecule has 2 aliphatic heterocycles. The topological polar surface area (TPSA) is 95.7 Å². The third kappa shape index (κ3) is 4.68. The monoisotopic (exact) mass is 440 g/mol. The molecule has 0 aromatic heterocycles. The number of carbonyl (C=O) groups is 3. The first-order chi connectivity index (χ1) is 15.1. The number of rotatable bonds is 5. The highest BCUT2D eigenvalue weighted by molar-refractivity contribution is 6.06. The van der Waals surface area contributed by atoms with Crippen molar-refractivity contribution < 1.29 is 14.4 Å². The van der Waals surface area contributed by atoms with E-state index < -0.39 is 6.04 Å². The normalized spacial score (nSPS) is 26.2. The second-order valence-corrected chi connectivity index (χ2v) is 10.8. The summed E-state index contributed by atoms with van der Waals surface area (Å²) in [6, 6.07) is 6.04. The van der Waals surface area contributed by atoms with Gasteiger partial charge in [0.1, 0.15) is 6.04 Å². The number of hydrogen-bond donors (Lipinski definition) is 2. The first-order valence-corrected chi connectivity index (χ1v) is 11.9. The third-order valence-corrected chi connectivity index (χ3v) is 7.15. The quantitative estimate of drug-likeness (QED) is 0.687. The van der Waals surface area contributed by atoms with Crippen LogP contribution in [0.2, 0.25) is 0 Å². The van der Waals surface area contributed by atoms with E-state index in [2.05, 4.69) is 37.1 Å². The number of carbonyl (C=O) groups excluding carboxylic acids is 3. The Morgan fingerprint density at radius 1 is 1.09 bits per heavy atom. The largest absolute Gasteiger partial charge is 0.368 e. The van der Waals surface area contributed by atoms with E-state index in [0.29, 0.717) is 24.6 Å². The van der Waals surface area contributed by atoms with Crippen molar-refractivity contribution in [2.75, 3.05) is 11.4 Å². The molecule has 2 heterocycles. The molecule has 0 bridgehead atoms. The van der Waals surface area contributed by atoms with Gasteiger partial charge in [-0.2, -0.15) is 0 Å². The number of anilines is 1. The lowest BCUT2D eigenvalue weighted by Gasteiger charge is -2.40. The van der Waals surface area contributed by atoms with Crippen LogP contribution in [0.4, 0.5) is 5.69 Å². The van der Waals surface area contributed by atoms with Crippen LogP contribution < -0.4 is 16.0 Å². The summed E-state index contributed by atoms with van der Waals surface area (Å²) in [6.45, 7) is 8.10. The van der Waals surface area contributed by atoms with Crippen molar-refractivity contribution in [1.82, 2.24) is 10.2 Å². The van der Waals surface area contributed by atoms with Crippen LogP contribution in [-0.2, 0) is 16.1 Å². The number of nitrogens with two attached hydrogens (primary N) is 1. The number of piperidine rings is 1. The molecule has 0 radical (unpaired) electrons. The molecule has 1 atom stereocenters. The fourth-order valence-corrected chi connectivity index (χ4v) is 5.21. The first-order valence-electron chi connectivity index (χ1n) is 11.9. The standard InChI is InChI=1S/C25H36N4O3/c1-25(2,3)13-14-28(17-9-7-16(26)8-10-17)20-6-4-5-18-19(20)15-29(24(18)32)21-11-12-22(30)27-23(21)31/h4-6,16-17,21H,7-15,26H2,1-3H3,(H,27,30,31). The second-order valence-electron chi connectivity index (χ2n) is 10.8. The van der Waals surface area contributed by atoms with Gasteiger partial charge in [0.25, 0.3) is 5.91 Å². The summed E-state index contributed by atoms with van der Waals surface area (Å²) in [5.41, 5.74) is 9.18. The lowest BCUT2D eigenvalue weighted by atomic mass is 9.88. The maximum absolute atomic E-state index is 13.3. The third-order valence-electron chi connectivity index (χ3n) is 7.15. The zero-order chi connectivity index (χ0) is 23.0. The molecule has 1 aromatic rings. The molecule has 174 valence electrons. The Bertz CT molecular complexity index is 899. The molecular formula is C25H36N4O3. The number of imide groups is 1. The highest BCUT2D eigenvalue weighted by Gasteiger charge is 2.41. The van der Waals surface area contributed by atoms with E-state index >= 15 is 0 Å². The van der Waals surface area contributed by atoms with E-state index in [4.69, 9.17) is 5.73 Å². The van der Waals surface area contributed by atoms with Crippen molar-refractivity contribution in [3.63, 3.8) is 0 Å². The summed E-state index contributed by atoms with van der Waals surface area (Å²) in [5.74, 6) is -0.743. The van der Waals surface area contributed by atoms with Crippen LogP contribution in [0, 0.1) is 5.41 Å². The van der Waals surface area contributed by atoms with Crippen LogP contribution >= 0.6 is 0 Å². The van der Waals surface area contributed by atoms with Crippen molar-refractivity contribution >= 4 is 23.4 Å². The molecule has 3 aliphatic rings. The van der Waals surface area contributed by atoms with Crippen molar-refractivity contribution in [3.8, 4) is 0 Å². The summed E-state index contributed by atoms with van der Waals surface area (Å²) in [7, 11) is 0. The van der Waals surface area contributed by atoms with Crippen LogP contribution in [-0.4, -0.2) is 47.3 Å². The van der Waals surface area contributed by atoms with E-state index in [1.807, 2.05) is 12.1 Å². The molecule has 2 fully saturated rings. The minimum Gasteiger partial charge on any atom is -0.368 e. The molecule has 1 aromatic carbocycles. The van der Waals surface area contributed by atoms with Crippen molar-refractivity contribution in [1.29, 1.82) is 0 Å². The SMILES string of the molecule is CC(C)(C)CCN(c1cccc2c1CN(C1CCC(=O)NC1=O)C2=O)C1CCC(N)CC1. The Labute approximate surface area is 190 Å². The van der Waals surface area contributed by atoms with Crippen LogP contribution in [0.1, 0.15) is 81.6 Å². The van der Waals surface area contributed by atoms with Gasteiger partial charge in [-0.3, -0.25) is 19.7 Å². The predicted molar refractivity (Wildman–Crippen MR) is 124 cm³/mol. The summed E-state index contributed by atoms with van der Waals surface area (Å²) in [5, 5.41) is 2.39. The van der Waals surface area contributed by atoms with Crippen LogP contribution in [0.3, 0.4) is 0 Å². The molecule has 3 amide bonds. The maximum atomic E-state index is 13.3. The Morgan fingerprint density at radius 3 is 2.47 bits per heavy atom. The number of nitrogens with one attached hydrogen (secondary N) is 1. The Balaban J connectivity index is 1.63. The number of benzene rings is 1. The minimum absolute atomic E-state index is 0.113. The zero-order valence-electron chi connectivity index (χ0n) is 19.5. The van der Waals surface area contributed by atoms with Gasteiger partial charge in [-0.05, 0) is 56.1 Å². The summed E-state index contributed by atoms with van der Waals surface area (Å²) >= 11 is 0. The highest BCUT2D eigenvalue weighted by Crippen LogP contribution is 2.37. The second kappa shape index (κ2) is 8.85. The number of fused-ring (bicyclic) bond motifs is 1. The molecule has 32 heavy (non-hydrogen) atoms. The molecule has 7 heteroatoms. The number of amides is 3. The minimum atomic E-state index is -0.587. The van der Waals surface area contributed by atoms with Crippen molar-refractivity contribution in [3.05, 3.63) is 29.3 Å². The van der Waals surface area contributed by atoms with E-state index in [-0.39, 0.29) is 35.6 Å². The van der Waals surface area contributed by atoms with Crippen LogP contribution in [0.5, 0.6) is 0 Å². The lowest BCUT2D eigenvalue weighted by Crippen LogP contribution is -2.52. The maximum Gasteiger partial charge on any atom is 0.255 e. The fourth-order valence-electron chi connectivity index (χ4n) is 5.21. The van der Waals surface area contributed by atoms with Gasteiger partial charge in [-0.15, -0.1) is 0 Å². The van der Waals surface area contributed by atoms with Crippen LogP contribution in [0.15, 0.2) is 18.2 Å². The molecule has 1 aliphatic carbocycles. The van der Waals surface area contributed by atoms with Gasteiger partial charge in [0.2, 0.25) is 11.8 Å². The number of nitrogens with zero attached hydrogens (tertiary/aromatic N) is 2. The summed E-state index contributed by atoms with van der Waals surface area (Å²) in [4.78, 5) is 41.4. The Kier molecular flexibility index (Phi) is 6.30. The average Bonchev–Trinajstić information content (AvgIpc) is 3.06. The van der Waals surface area contributed by atoms with Gasteiger partial charge in [-0.25, -0.2) is 0 Å². The Morgan fingerprint density at radius 2 is 1.81 bits per heavy atom. The molecule has 7 nitrogen and oxygen atoms in total. The van der Waals surface area contributed by atoms with E-state index in [1.54, 1.807) is 4.90 Å². The van der Waals surface area contributed by atoms with Gasteiger partial charge >= 0.3 is 0 Å². The van der Waals surface area contributed by atoms with Gasteiger partial charge in [0.15, 0.2) is 0 Å². The summed E-state index contributed by atoms with van der Waals surface area (Å²) < 4.78 is 0. The lowest BCUT2D eigenvalue weighted by molar-refractivity contribution is -0.136. The van der Waals surface area contributed by atoms with E-state index in [9.17, 15) is 14.4 Å². The molecule has 0 spiro atoms. The van der Waals surface area contributed by atoms with Gasteiger partial charge in [-0.1, -0.05) is 26.8 Å².